The third-order valence-corrected chi connectivity index (χ3v) is 9.68. The average Bonchev–Trinajstić information content (AvgIpc) is 3.23. The third kappa shape index (κ3) is 43.6. The monoisotopic (exact) mass is 798 g/mol. The Bertz CT molecular complexity index is 1220. The summed E-state index contributed by atoms with van der Waals surface area (Å²) in [6, 6.07) is -0.553. The molecule has 0 aliphatic carbocycles. The summed E-state index contributed by atoms with van der Waals surface area (Å²) in [6.45, 7) is 4.17. The zero-order chi connectivity index (χ0) is 42.1. The van der Waals surface area contributed by atoms with Gasteiger partial charge in [-0.05, 0) is 96.3 Å². The lowest BCUT2D eigenvalue weighted by Crippen LogP contribution is -2.45. The lowest BCUT2D eigenvalue weighted by Gasteiger charge is -2.22. The van der Waals surface area contributed by atoms with Crippen LogP contribution < -0.4 is 5.32 Å². The van der Waals surface area contributed by atoms with Crippen molar-refractivity contribution in [2.24, 2.45) is 0 Å². The average molecular weight is 798 g/mol. The van der Waals surface area contributed by atoms with E-state index in [2.05, 4.69) is 153 Å². The minimum atomic E-state index is -0.673. The van der Waals surface area contributed by atoms with Crippen LogP contribution in [0.25, 0.3) is 0 Å². The van der Waals surface area contributed by atoms with Crippen molar-refractivity contribution >= 4 is 5.91 Å². The zero-order valence-electron chi connectivity index (χ0n) is 37.3. The maximum absolute atomic E-state index is 12.3. The largest absolute Gasteiger partial charge is 0.394 e. The molecule has 2 unspecified atom stereocenters. The molecule has 0 aliphatic heterocycles. The van der Waals surface area contributed by atoms with E-state index >= 15 is 0 Å². The maximum Gasteiger partial charge on any atom is 0.220 e. The SMILES string of the molecule is CC/C=C\C/C=C\C/C=C\C/C=C\C/C=C\C/C=C\C/C=C\C/C=C\C/C=C\C/C=C\C/C=C\CCCCCCCC(=O)NC(CO)C(O)CCCCCCCCC. The number of aliphatic hydroxyl groups excluding tert-OH is 2. The number of carbonyl (C=O) groups excluding carboxylic acids is 1. The fourth-order valence-electron chi connectivity index (χ4n) is 6.13. The van der Waals surface area contributed by atoms with Gasteiger partial charge in [-0.3, -0.25) is 4.79 Å². The van der Waals surface area contributed by atoms with Gasteiger partial charge in [0.2, 0.25) is 5.91 Å². The molecule has 2 atom stereocenters. The number of rotatable bonds is 40. The van der Waals surface area contributed by atoms with E-state index in [-0.39, 0.29) is 12.5 Å². The van der Waals surface area contributed by atoms with Gasteiger partial charge < -0.3 is 15.5 Å². The molecule has 58 heavy (non-hydrogen) atoms. The van der Waals surface area contributed by atoms with Crippen LogP contribution in [0.15, 0.2) is 134 Å². The summed E-state index contributed by atoms with van der Waals surface area (Å²) < 4.78 is 0. The number of amides is 1. The van der Waals surface area contributed by atoms with Crippen molar-refractivity contribution in [2.45, 2.75) is 193 Å². The standard InChI is InChI=1S/C54H87NO3/c1-3-5-7-9-11-12-13-14-15-16-17-18-19-20-21-22-23-24-25-26-27-28-29-30-31-32-33-34-35-36-37-38-39-40-41-42-44-46-48-50-54(58)55-52(51-56)53(57)49-47-45-43-10-8-6-4-2/h5,7,11-12,14-15,17-18,20-21,23-24,26-27,29-30,32-33,35-36,38-39,52-53,56-57H,3-4,6,8-10,13,16,19,22,25,28,31,34,37,40-51H2,1-2H3,(H,55,58)/b7-5-,12-11-,15-14-,18-17-,21-20-,24-23-,27-26-,30-29-,33-32-,36-35-,39-38-. The van der Waals surface area contributed by atoms with E-state index in [9.17, 15) is 15.0 Å². The molecule has 0 spiro atoms. The molecule has 0 aliphatic rings. The first-order chi connectivity index (χ1) is 28.7. The second-order valence-corrected chi connectivity index (χ2v) is 15.1. The van der Waals surface area contributed by atoms with Crippen LogP contribution in [0.3, 0.4) is 0 Å². The van der Waals surface area contributed by atoms with Gasteiger partial charge in [0.15, 0.2) is 0 Å². The van der Waals surface area contributed by atoms with Gasteiger partial charge in [0.25, 0.3) is 0 Å². The lowest BCUT2D eigenvalue weighted by atomic mass is 10.0. The van der Waals surface area contributed by atoms with Crippen molar-refractivity contribution in [1.82, 2.24) is 5.32 Å². The first-order valence-electron chi connectivity index (χ1n) is 23.4. The summed E-state index contributed by atoms with van der Waals surface area (Å²) in [4.78, 5) is 12.3. The highest BCUT2D eigenvalue weighted by Crippen LogP contribution is 2.12. The number of carbonyl (C=O) groups is 1. The highest BCUT2D eigenvalue weighted by Gasteiger charge is 2.19. The zero-order valence-corrected chi connectivity index (χ0v) is 37.3. The number of unbranched alkanes of at least 4 members (excludes halogenated alkanes) is 11. The van der Waals surface area contributed by atoms with Crippen LogP contribution in [0.5, 0.6) is 0 Å². The fourth-order valence-corrected chi connectivity index (χ4v) is 6.13. The van der Waals surface area contributed by atoms with Crippen molar-refractivity contribution in [3.63, 3.8) is 0 Å². The Kier molecular flexibility index (Phi) is 45.0. The van der Waals surface area contributed by atoms with E-state index < -0.39 is 12.1 Å². The van der Waals surface area contributed by atoms with Crippen LogP contribution in [-0.4, -0.2) is 34.9 Å². The Hall–Kier alpha value is -3.47. The van der Waals surface area contributed by atoms with Gasteiger partial charge in [-0.1, -0.05) is 212 Å². The van der Waals surface area contributed by atoms with Crippen LogP contribution in [0.4, 0.5) is 0 Å². The summed E-state index contributed by atoms with van der Waals surface area (Å²) in [6.07, 6.45) is 75.5. The first-order valence-corrected chi connectivity index (χ1v) is 23.4. The highest BCUT2D eigenvalue weighted by atomic mass is 16.3. The quantitative estimate of drug-likeness (QED) is 0.0427. The molecule has 4 nitrogen and oxygen atoms in total. The molecular formula is C54H87NO3. The van der Waals surface area contributed by atoms with Gasteiger partial charge in [-0.15, -0.1) is 0 Å². The molecule has 0 aromatic heterocycles. The van der Waals surface area contributed by atoms with Gasteiger partial charge in [-0.2, -0.15) is 0 Å². The van der Waals surface area contributed by atoms with Crippen molar-refractivity contribution in [2.75, 3.05) is 6.61 Å². The van der Waals surface area contributed by atoms with E-state index in [1.807, 2.05) is 0 Å². The molecule has 0 aromatic rings. The Labute approximate surface area is 358 Å². The Morgan fingerprint density at radius 2 is 0.759 bits per heavy atom. The van der Waals surface area contributed by atoms with Crippen LogP contribution >= 0.6 is 0 Å². The minimum Gasteiger partial charge on any atom is -0.394 e. The molecular weight excluding hydrogens is 711 g/mol. The highest BCUT2D eigenvalue weighted by molar-refractivity contribution is 5.76. The molecule has 0 saturated heterocycles. The number of nitrogens with one attached hydrogen (secondary N) is 1. The van der Waals surface area contributed by atoms with Gasteiger partial charge in [0, 0.05) is 6.42 Å². The number of hydrogen-bond donors (Lipinski definition) is 3. The smallest absolute Gasteiger partial charge is 0.220 e. The van der Waals surface area contributed by atoms with Crippen LogP contribution in [0.1, 0.15) is 181 Å². The lowest BCUT2D eigenvalue weighted by molar-refractivity contribution is -0.123. The van der Waals surface area contributed by atoms with Gasteiger partial charge >= 0.3 is 0 Å². The first kappa shape index (κ1) is 54.5. The summed E-state index contributed by atoms with van der Waals surface area (Å²) in [5.74, 6) is -0.0617. The Morgan fingerprint density at radius 1 is 0.431 bits per heavy atom. The molecule has 0 radical (unpaired) electrons. The van der Waals surface area contributed by atoms with Crippen LogP contribution in [0, 0.1) is 0 Å². The van der Waals surface area contributed by atoms with E-state index in [1.54, 1.807) is 0 Å². The number of allylic oxidation sites excluding steroid dienone is 22. The van der Waals surface area contributed by atoms with Crippen molar-refractivity contribution in [3.8, 4) is 0 Å². The Balaban J connectivity index is 3.67. The Morgan fingerprint density at radius 3 is 1.14 bits per heavy atom. The normalized spacial score (nSPS) is 14.2. The van der Waals surface area contributed by atoms with E-state index in [0.29, 0.717) is 12.8 Å². The summed E-state index contributed by atoms with van der Waals surface area (Å²) in [7, 11) is 0. The van der Waals surface area contributed by atoms with Crippen LogP contribution in [0.2, 0.25) is 0 Å². The molecule has 0 aromatic carbocycles. The summed E-state index contributed by atoms with van der Waals surface area (Å²) in [5.41, 5.74) is 0. The predicted octanol–water partition coefficient (Wildman–Crippen LogP) is 15.1. The minimum absolute atomic E-state index is 0.0617. The molecule has 1 amide bonds. The molecule has 0 bridgehead atoms. The van der Waals surface area contributed by atoms with Crippen molar-refractivity contribution < 1.29 is 15.0 Å². The topological polar surface area (TPSA) is 69.6 Å². The molecule has 0 saturated carbocycles. The van der Waals surface area contributed by atoms with Gasteiger partial charge in [-0.25, -0.2) is 0 Å². The third-order valence-electron chi connectivity index (χ3n) is 9.68. The van der Waals surface area contributed by atoms with Gasteiger partial charge in [0.05, 0.1) is 18.8 Å². The van der Waals surface area contributed by atoms with E-state index in [1.165, 1.54) is 44.9 Å². The second kappa shape index (κ2) is 47.9. The molecule has 326 valence electrons. The van der Waals surface area contributed by atoms with E-state index in [4.69, 9.17) is 0 Å². The van der Waals surface area contributed by atoms with Crippen molar-refractivity contribution in [1.29, 1.82) is 0 Å². The van der Waals surface area contributed by atoms with E-state index in [0.717, 1.165) is 109 Å². The number of hydrogen-bond acceptors (Lipinski definition) is 3. The maximum atomic E-state index is 12.3. The molecule has 0 heterocycles. The molecule has 0 rings (SSSR count). The predicted molar refractivity (Wildman–Crippen MR) is 257 cm³/mol. The fraction of sp³-hybridized carbons (Fsp3) is 0.574. The second-order valence-electron chi connectivity index (χ2n) is 15.1. The molecule has 0 fully saturated rings. The summed E-state index contributed by atoms with van der Waals surface area (Å²) in [5, 5.41) is 22.9. The van der Waals surface area contributed by atoms with Crippen molar-refractivity contribution in [3.05, 3.63) is 134 Å². The molecule has 3 N–H and O–H groups in total. The van der Waals surface area contributed by atoms with Gasteiger partial charge in [0.1, 0.15) is 0 Å². The molecule has 4 heteroatoms. The van der Waals surface area contributed by atoms with Crippen LogP contribution in [-0.2, 0) is 4.79 Å². The number of aliphatic hydroxyl groups is 2. The summed E-state index contributed by atoms with van der Waals surface area (Å²) >= 11 is 0.